The van der Waals surface area contributed by atoms with Crippen LogP contribution in [0, 0.1) is 0 Å². The van der Waals surface area contributed by atoms with Gasteiger partial charge >= 0.3 is 0 Å². The molecule has 0 aliphatic carbocycles. The molecule has 0 saturated carbocycles. The van der Waals surface area contributed by atoms with Crippen LogP contribution in [0.3, 0.4) is 0 Å². The number of nitrogens with zero attached hydrogens (tertiary/aromatic N) is 2. The Kier molecular flexibility index (Phi) is 1.56. The maximum atomic E-state index is 11.1. The summed E-state index contributed by atoms with van der Waals surface area (Å²) in [5, 5.41) is 0.994. The summed E-state index contributed by atoms with van der Waals surface area (Å²) in [6.07, 6.45) is 3.01. The molecular weight excluding hydrogens is 190 g/mol. The molecular formula is C11H7N3O. The van der Waals surface area contributed by atoms with E-state index in [0.29, 0.717) is 0 Å². The Morgan fingerprint density at radius 1 is 1.13 bits per heavy atom. The molecule has 3 aromatic rings. The van der Waals surface area contributed by atoms with Crippen LogP contribution in [0.5, 0.6) is 0 Å². The topological polar surface area (TPSA) is 58.6 Å². The summed E-state index contributed by atoms with van der Waals surface area (Å²) in [4.78, 5) is 22.1. The third kappa shape index (κ3) is 1.27. The van der Waals surface area contributed by atoms with Gasteiger partial charge in [0.15, 0.2) is 0 Å². The van der Waals surface area contributed by atoms with Gasteiger partial charge in [0.05, 0.1) is 22.7 Å². The fraction of sp³-hybridized carbons (Fsp3) is 0. The van der Waals surface area contributed by atoms with Gasteiger partial charge in [-0.05, 0) is 18.2 Å². The third-order valence-corrected chi connectivity index (χ3v) is 2.30. The number of aromatic amines is 1. The van der Waals surface area contributed by atoms with E-state index in [1.54, 1.807) is 6.20 Å². The Bertz CT molecular complexity index is 703. The van der Waals surface area contributed by atoms with E-state index in [2.05, 4.69) is 15.0 Å². The first-order chi connectivity index (χ1) is 7.33. The molecule has 1 N–H and O–H groups in total. The Labute approximate surface area is 84.6 Å². The lowest BCUT2D eigenvalue weighted by Gasteiger charge is -1.99. The minimum atomic E-state index is -0.189. The lowest BCUT2D eigenvalue weighted by Crippen LogP contribution is -2.04. The first kappa shape index (κ1) is 8.11. The van der Waals surface area contributed by atoms with Crippen molar-refractivity contribution in [2.75, 3.05) is 0 Å². The predicted molar refractivity (Wildman–Crippen MR) is 57.7 cm³/mol. The summed E-state index contributed by atoms with van der Waals surface area (Å²) >= 11 is 0. The molecule has 0 aliphatic heterocycles. The molecule has 4 heteroatoms. The average molecular weight is 197 g/mol. The molecule has 3 rings (SSSR count). The van der Waals surface area contributed by atoms with Crippen molar-refractivity contribution in [1.82, 2.24) is 15.0 Å². The van der Waals surface area contributed by atoms with Gasteiger partial charge in [0.1, 0.15) is 0 Å². The highest BCUT2D eigenvalue weighted by molar-refractivity contribution is 5.92. The summed E-state index contributed by atoms with van der Waals surface area (Å²) in [5.41, 5.74) is 2.18. The number of nitrogens with one attached hydrogen (secondary N) is 1. The fourth-order valence-corrected chi connectivity index (χ4v) is 1.61. The predicted octanol–water partition coefficient (Wildman–Crippen LogP) is 1.47. The van der Waals surface area contributed by atoms with Crippen molar-refractivity contribution in [3.63, 3.8) is 0 Å². The minimum Gasteiger partial charge on any atom is -0.319 e. The van der Waals surface area contributed by atoms with E-state index in [1.807, 2.05) is 24.3 Å². The molecule has 0 radical (unpaired) electrons. The van der Waals surface area contributed by atoms with Gasteiger partial charge in [0, 0.05) is 11.6 Å². The molecule has 0 unspecified atom stereocenters. The van der Waals surface area contributed by atoms with E-state index in [9.17, 15) is 4.79 Å². The van der Waals surface area contributed by atoms with Crippen LogP contribution in [-0.2, 0) is 0 Å². The summed E-state index contributed by atoms with van der Waals surface area (Å²) < 4.78 is 0. The highest BCUT2D eigenvalue weighted by Crippen LogP contribution is 2.16. The number of pyridine rings is 1. The van der Waals surface area contributed by atoms with Crippen LogP contribution < -0.4 is 5.56 Å². The normalized spacial score (nSPS) is 10.9. The fourth-order valence-electron chi connectivity index (χ4n) is 1.61. The number of hydrogen-bond donors (Lipinski definition) is 1. The summed E-state index contributed by atoms with van der Waals surface area (Å²) in [7, 11) is 0. The maximum absolute atomic E-state index is 11.1. The van der Waals surface area contributed by atoms with Crippen LogP contribution in [0.15, 0.2) is 41.5 Å². The van der Waals surface area contributed by atoms with E-state index >= 15 is 0 Å². The molecule has 2 aromatic heterocycles. The standard InChI is InChI=1S/C11H7N3O/c15-11-6-13-9-5-8-7(2-1-3-12-8)4-10(9)14-11/h1-6H,(H,14,15). The first-order valence-corrected chi connectivity index (χ1v) is 4.57. The second kappa shape index (κ2) is 2.88. The monoisotopic (exact) mass is 197 g/mol. The second-order valence-corrected chi connectivity index (χ2v) is 3.31. The number of hydrogen-bond acceptors (Lipinski definition) is 3. The van der Waals surface area contributed by atoms with Crippen molar-refractivity contribution in [1.29, 1.82) is 0 Å². The minimum absolute atomic E-state index is 0.189. The van der Waals surface area contributed by atoms with Crippen LogP contribution in [-0.4, -0.2) is 15.0 Å². The van der Waals surface area contributed by atoms with E-state index in [0.717, 1.165) is 21.9 Å². The lowest BCUT2D eigenvalue weighted by molar-refractivity contribution is 1.22. The van der Waals surface area contributed by atoms with Gasteiger partial charge in [-0.1, -0.05) is 6.07 Å². The number of fused-ring (bicyclic) bond motifs is 2. The Morgan fingerprint density at radius 3 is 3.00 bits per heavy atom. The molecule has 1 aromatic carbocycles. The highest BCUT2D eigenvalue weighted by Gasteiger charge is 1.99. The Morgan fingerprint density at radius 2 is 2.07 bits per heavy atom. The summed E-state index contributed by atoms with van der Waals surface area (Å²) in [6.45, 7) is 0. The smallest absolute Gasteiger partial charge is 0.266 e. The van der Waals surface area contributed by atoms with Crippen molar-refractivity contribution in [2.45, 2.75) is 0 Å². The van der Waals surface area contributed by atoms with E-state index in [4.69, 9.17) is 0 Å². The van der Waals surface area contributed by atoms with E-state index in [1.165, 1.54) is 6.20 Å². The van der Waals surface area contributed by atoms with Gasteiger partial charge in [0.2, 0.25) is 0 Å². The molecule has 0 fully saturated rings. The van der Waals surface area contributed by atoms with Crippen molar-refractivity contribution in [3.8, 4) is 0 Å². The lowest BCUT2D eigenvalue weighted by atomic mass is 10.2. The van der Waals surface area contributed by atoms with Crippen LogP contribution in [0.25, 0.3) is 21.9 Å². The summed E-state index contributed by atoms with van der Waals surface area (Å²) in [5.74, 6) is 0. The summed E-state index contributed by atoms with van der Waals surface area (Å²) in [6, 6.07) is 7.56. The second-order valence-electron chi connectivity index (χ2n) is 3.31. The van der Waals surface area contributed by atoms with Gasteiger partial charge in [0.25, 0.3) is 5.56 Å². The molecule has 0 spiro atoms. The number of benzene rings is 1. The molecule has 72 valence electrons. The van der Waals surface area contributed by atoms with Gasteiger partial charge in [-0.3, -0.25) is 9.78 Å². The van der Waals surface area contributed by atoms with Crippen LogP contribution >= 0.6 is 0 Å². The van der Waals surface area contributed by atoms with Gasteiger partial charge in [-0.2, -0.15) is 0 Å². The molecule has 0 bridgehead atoms. The SMILES string of the molecule is O=c1cnc2cc3ncccc3cc2[nH]1. The van der Waals surface area contributed by atoms with Gasteiger partial charge in [-0.15, -0.1) is 0 Å². The molecule has 0 aliphatic rings. The van der Waals surface area contributed by atoms with Crippen LogP contribution in [0.2, 0.25) is 0 Å². The Hall–Kier alpha value is -2.23. The van der Waals surface area contributed by atoms with Gasteiger partial charge < -0.3 is 4.98 Å². The number of rotatable bonds is 0. The van der Waals surface area contributed by atoms with Crippen LogP contribution in [0.1, 0.15) is 0 Å². The molecule has 0 amide bonds. The molecule has 15 heavy (non-hydrogen) atoms. The van der Waals surface area contributed by atoms with E-state index in [-0.39, 0.29) is 5.56 Å². The first-order valence-electron chi connectivity index (χ1n) is 4.57. The van der Waals surface area contributed by atoms with Crippen molar-refractivity contribution < 1.29 is 0 Å². The largest absolute Gasteiger partial charge is 0.319 e. The average Bonchev–Trinajstić information content (AvgIpc) is 2.26. The third-order valence-electron chi connectivity index (χ3n) is 2.30. The zero-order valence-electron chi connectivity index (χ0n) is 7.77. The van der Waals surface area contributed by atoms with Crippen molar-refractivity contribution in [3.05, 3.63) is 47.0 Å². The number of aromatic nitrogens is 3. The highest BCUT2D eigenvalue weighted by atomic mass is 16.1. The zero-order valence-corrected chi connectivity index (χ0v) is 7.77. The van der Waals surface area contributed by atoms with Crippen molar-refractivity contribution >= 4 is 21.9 Å². The molecule has 0 saturated heterocycles. The Balaban J connectivity index is 2.53. The van der Waals surface area contributed by atoms with E-state index < -0.39 is 0 Å². The van der Waals surface area contributed by atoms with Gasteiger partial charge in [-0.25, -0.2) is 4.98 Å². The molecule has 0 atom stereocenters. The number of H-pyrrole nitrogens is 1. The maximum Gasteiger partial charge on any atom is 0.266 e. The molecule has 2 heterocycles. The molecule has 4 nitrogen and oxygen atoms in total. The van der Waals surface area contributed by atoms with Crippen LogP contribution in [0.4, 0.5) is 0 Å². The van der Waals surface area contributed by atoms with Crippen molar-refractivity contribution in [2.24, 2.45) is 0 Å². The zero-order chi connectivity index (χ0) is 10.3. The quantitative estimate of drug-likeness (QED) is 0.555.